The molecule has 7 nitrogen and oxygen atoms in total. The Hall–Kier alpha value is -3.22. The summed E-state index contributed by atoms with van der Waals surface area (Å²) in [5.41, 5.74) is 1.83. The first-order valence-electron chi connectivity index (χ1n) is 8.28. The van der Waals surface area contributed by atoms with Crippen LogP contribution in [0, 0.1) is 6.92 Å². The molecule has 0 fully saturated rings. The molecule has 0 bridgehead atoms. The SMILES string of the molecule is COc1cc(OC)c(C(=O)OC(C)C(=O)Nc2ccc(C)cc2)cc1OC. The fraction of sp³-hybridized carbons (Fsp3) is 0.300. The lowest BCUT2D eigenvalue weighted by atomic mass is 10.1. The lowest BCUT2D eigenvalue weighted by Crippen LogP contribution is -2.30. The summed E-state index contributed by atoms with van der Waals surface area (Å²) in [6, 6.07) is 10.3. The smallest absolute Gasteiger partial charge is 0.342 e. The van der Waals surface area contributed by atoms with Crippen LogP contribution in [-0.2, 0) is 9.53 Å². The Bertz CT molecular complexity index is 816. The molecule has 2 aromatic rings. The van der Waals surface area contributed by atoms with Gasteiger partial charge in [-0.1, -0.05) is 17.7 Å². The van der Waals surface area contributed by atoms with Crippen molar-refractivity contribution >= 4 is 17.6 Å². The van der Waals surface area contributed by atoms with E-state index in [1.54, 1.807) is 12.1 Å². The number of methoxy groups -OCH3 is 3. The van der Waals surface area contributed by atoms with Crippen LogP contribution < -0.4 is 19.5 Å². The van der Waals surface area contributed by atoms with Crippen molar-refractivity contribution in [3.05, 3.63) is 47.5 Å². The van der Waals surface area contributed by atoms with Gasteiger partial charge in [0.1, 0.15) is 11.3 Å². The first kappa shape index (κ1) is 20.1. The van der Waals surface area contributed by atoms with Gasteiger partial charge in [-0.2, -0.15) is 0 Å². The van der Waals surface area contributed by atoms with Gasteiger partial charge >= 0.3 is 5.97 Å². The maximum absolute atomic E-state index is 12.5. The van der Waals surface area contributed by atoms with Crippen molar-refractivity contribution < 1.29 is 28.5 Å². The second-order valence-corrected chi connectivity index (χ2v) is 5.81. The van der Waals surface area contributed by atoms with E-state index in [1.807, 2.05) is 19.1 Å². The fourth-order valence-electron chi connectivity index (χ4n) is 2.35. The molecule has 0 heterocycles. The molecule has 0 radical (unpaired) electrons. The largest absolute Gasteiger partial charge is 0.496 e. The number of nitrogens with one attached hydrogen (secondary N) is 1. The predicted octanol–water partition coefficient (Wildman–Crippen LogP) is 3.20. The van der Waals surface area contributed by atoms with Crippen molar-refractivity contribution in [2.75, 3.05) is 26.6 Å². The molecule has 1 atom stereocenters. The number of ether oxygens (including phenoxy) is 4. The van der Waals surface area contributed by atoms with Crippen LogP contribution in [0.1, 0.15) is 22.8 Å². The monoisotopic (exact) mass is 373 g/mol. The average molecular weight is 373 g/mol. The minimum atomic E-state index is -1.00. The third-order valence-electron chi connectivity index (χ3n) is 3.90. The van der Waals surface area contributed by atoms with Crippen molar-refractivity contribution in [3.63, 3.8) is 0 Å². The van der Waals surface area contributed by atoms with E-state index in [0.29, 0.717) is 17.2 Å². The van der Waals surface area contributed by atoms with Crippen molar-refractivity contribution in [1.82, 2.24) is 0 Å². The Morgan fingerprint density at radius 3 is 2.00 bits per heavy atom. The molecular weight excluding hydrogens is 350 g/mol. The minimum Gasteiger partial charge on any atom is -0.496 e. The topological polar surface area (TPSA) is 83.1 Å². The molecule has 7 heteroatoms. The van der Waals surface area contributed by atoms with E-state index in [2.05, 4.69) is 5.32 Å². The van der Waals surface area contributed by atoms with Crippen LogP contribution in [0.3, 0.4) is 0 Å². The lowest BCUT2D eigenvalue weighted by Gasteiger charge is -2.16. The highest BCUT2D eigenvalue weighted by Gasteiger charge is 2.23. The Kier molecular flexibility index (Phi) is 6.65. The number of benzene rings is 2. The van der Waals surface area contributed by atoms with Gasteiger partial charge in [0.25, 0.3) is 5.91 Å². The number of hydrogen-bond acceptors (Lipinski definition) is 6. The number of rotatable bonds is 7. The van der Waals surface area contributed by atoms with Crippen LogP contribution in [0.2, 0.25) is 0 Å². The Labute approximate surface area is 158 Å². The molecule has 1 amide bonds. The van der Waals surface area contributed by atoms with Crippen LogP contribution in [-0.4, -0.2) is 39.3 Å². The summed E-state index contributed by atoms with van der Waals surface area (Å²) in [5.74, 6) is -0.132. The summed E-state index contributed by atoms with van der Waals surface area (Å²) in [6.07, 6.45) is -1.00. The fourth-order valence-corrected chi connectivity index (χ4v) is 2.35. The normalized spacial score (nSPS) is 11.3. The van der Waals surface area contributed by atoms with E-state index in [9.17, 15) is 9.59 Å². The molecule has 2 rings (SSSR count). The number of aryl methyl sites for hydroxylation is 1. The summed E-state index contributed by atoms with van der Waals surface area (Å²) in [5, 5.41) is 2.70. The van der Waals surface area contributed by atoms with E-state index >= 15 is 0 Å². The predicted molar refractivity (Wildman–Crippen MR) is 101 cm³/mol. The van der Waals surface area contributed by atoms with Gasteiger partial charge in [0.05, 0.1) is 21.3 Å². The maximum atomic E-state index is 12.5. The first-order chi connectivity index (χ1) is 12.9. The molecule has 0 aliphatic rings. The third-order valence-corrected chi connectivity index (χ3v) is 3.90. The van der Waals surface area contributed by atoms with Crippen LogP contribution >= 0.6 is 0 Å². The van der Waals surface area contributed by atoms with Crippen molar-refractivity contribution in [3.8, 4) is 17.2 Å². The highest BCUT2D eigenvalue weighted by atomic mass is 16.6. The van der Waals surface area contributed by atoms with E-state index < -0.39 is 18.0 Å². The molecule has 0 aliphatic carbocycles. The maximum Gasteiger partial charge on any atom is 0.342 e. The molecule has 2 aromatic carbocycles. The molecule has 144 valence electrons. The van der Waals surface area contributed by atoms with Gasteiger partial charge in [-0.25, -0.2) is 4.79 Å². The van der Waals surface area contributed by atoms with Crippen LogP contribution in [0.25, 0.3) is 0 Å². The molecular formula is C20H23NO6. The van der Waals surface area contributed by atoms with Gasteiger partial charge in [0, 0.05) is 17.8 Å². The summed E-state index contributed by atoms with van der Waals surface area (Å²) < 4.78 is 20.9. The second-order valence-electron chi connectivity index (χ2n) is 5.81. The van der Waals surface area contributed by atoms with Gasteiger partial charge in [-0.05, 0) is 26.0 Å². The quantitative estimate of drug-likeness (QED) is 0.751. The van der Waals surface area contributed by atoms with Crippen molar-refractivity contribution in [1.29, 1.82) is 0 Å². The molecule has 27 heavy (non-hydrogen) atoms. The molecule has 0 saturated heterocycles. The van der Waals surface area contributed by atoms with E-state index in [1.165, 1.54) is 40.4 Å². The summed E-state index contributed by atoms with van der Waals surface area (Å²) in [6.45, 7) is 3.45. The van der Waals surface area contributed by atoms with Crippen LogP contribution in [0.4, 0.5) is 5.69 Å². The summed E-state index contributed by atoms with van der Waals surface area (Å²) in [4.78, 5) is 24.8. The zero-order valence-electron chi connectivity index (χ0n) is 16.0. The van der Waals surface area contributed by atoms with E-state index in [0.717, 1.165) is 5.56 Å². The zero-order valence-corrected chi connectivity index (χ0v) is 16.0. The molecule has 0 aromatic heterocycles. The van der Waals surface area contributed by atoms with E-state index in [-0.39, 0.29) is 11.3 Å². The lowest BCUT2D eigenvalue weighted by molar-refractivity contribution is -0.123. The minimum absolute atomic E-state index is 0.130. The van der Waals surface area contributed by atoms with Gasteiger partial charge in [0.2, 0.25) is 0 Å². The molecule has 0 saturated carbocycles. The molecule has 0 aliphatic heterocycles. The number of carbonyl (C=O) groups excluding carboxylic acids is 2. The number of carbonyl (C=O) groups is 2. The average Bonchev–Trinajstić information content (AvgIpc) is 2.68. The Balaban J connectivity index is 2.13. The zero-order chi connectivity index (χ0) is 20.0. The van der Waals surface area contributed by atoms with Crippen LogP contribution in [0.5, 0.6) is 17.2 Å². The second kappa shape index (κ2) is 8.93. The van der Waals surface area contributed by atoms with Gasteiger partial charge in [0.15, 0.2) is 17.6 Å². The third kappa shape index (κ3) is 4.91. The highest BCUT2D eigenvalue weighted by molar-refractivity contribution is 5.98. The van der Waals surface area contributed by atoms with Crippen LogP contribution in [0.15, 0.2) is 36.4 Å². The Morgan fingerprint density at radius 1 is 0.889 bits per heavy atom. The van der Waals surface area contributed by atoms with E-state index in [4.69, 9.17) is 18.9 Å². The molecule has 1 unspecified atom stereocenters. The number of esters is 1. The number of amides is 1. The highest BCUT2D eigenvalue weighted by Crippen LogP contribution is 2.35. The number of anilines is 1. The van der Waals surface area contributed by atoms with Crippen molar-refractivity contribution in [2.24, 2.45) is 0 Å². The molecule has 0 spiro atoms. The van der Waals surface area contributed by atoms with Crippen molar-refractivity contribution in [2.45, 2.75) is 20.0 Å². The standard InChI is InChI=1S/C20H23NO6/c1-12-6-8-14(9-7-12)21-19(22)13(2)27-20(23)15-10-17(25-4)18(26-5)11-16(15)24-3/h6-11,13H,1-5H3,(H,21,22). The Morgan fingerprint density at radius 2 is 1.44 bits per heavy atom. The van der Waals surface area contributed by atoms with Gasteiger partial charge in [-0.15, -0.1) is 0 Å². The first-order valence-corrected chi connectivity index (χ1v) is 8.28. The molecule has 1 N–H and O–H groups in total. The van der Waals surface area contributed by atoms with Gasteiger partial charge in [-0.3, -0.25) is 4.79 Å². The summed E-state index contributed by atoms with van der Waals surface area (Å²) >= 11 is 0. The van der Waals surface area contributed by atoms with Gasteiger partial charge < -0.3 is 24.3 Å². The summed E-state index contributed by atoms with van der Waals surface area (Å²) in [7, 11) is 4.36. The number of hydrogen-bond donors (Lipinski definition) is 1.